The molecule has 66 valence electrons. The molecule has 0 saturated carbocycles. The molecule has 0 aromatic carbocycles. The maximum atomic E-state index is 10.4. The molecule has 0 unspecified atom stereocenters. The third kappa shape index (κ3) is 2.28. The topological polar surface area (TPSA) is 37.3 Å². The Morgan fingerprint density at radius 1 is 1.36 bits per heavy atom. The van der Waals surface area contributed by atoms with Crippen molar-refractivity contribution in [1.29, 1.82) is 0 Å². The largest absolute Gasteiger partial charge is 0.479 e. The first-order valence-electron chi connectivity index (χ1n) is 2.74. The van der Waals surface area contributed by atoms with E-state index in [1.807, 2.05) is 0 Å². The van der Waals surface area contributed by atoms with E-state index in [-0.39, 0.29) is 6.42 Å². The highest BCUT2D eigenvalue weighted by molar-refractivity contribution is 6.68. The molecule has 0 bridgehead atoms. The van der Waals surface area contributed by atoms with E-state index >= 15 is 0 Å². The van der Waals surface area contributed by atoms with Gasteiger partial charge in [0.25, 0.3) is 0 Å². The number of carboxylic acids is 1. The highest BCUT2D eigenvalue weighted by atomic mass is 35.5. The number of aliphatic carboxylic acids is 1. The van der Waals surface area contributed by atoms with E-state index in [0.717, 1.165) is 0 Å². The van der Waals surface area contributed by atoms with Crippen molar-refractivity contribution in [2.45, 2.75) is 22.0 Å². The zero-order valence-electron chi connectivity index (χ0n) is 5.57. The number of hydrogen-bond acceptors (Lipinski definition) is 1. The minimum Gasteiger partial charge on any atom is -0.479 e. The quantitative estimate of drug-likeness (QED) is 0.770. The summed E-state index contributed by atoms with van der Waals surface area (Å²) in [5.74, 6) is -1.45. The van der Waals surface area contributed by atoms with Crippen LogP contribution < -0.4 is 0 Å². The Balaban J connectivity index is 4.67. The number of hydrogen-bond donors (Lipinski definition) is 1. The molecule has 2 nitrogen and oxygen atoms in total. The molecule has 0 aliphatic rings. The highest BCUT2D eigenvalue weighted by Crippen LogP contribution is 2.44. The molecule has 0 radical (unpaired) electrons. The van der Waals surface area contributed by atoms with Gasteiger partial charge in [-0.25, -0.2) is 4.79 Å². The van der Waals surface area contributed by atoms with E-state index in [1.54, 1.807) is 6.92 Å². The maximum absolute atomic E-state index is 10.4. The van der Waals surface area contributed by atoms with Crippen LogP contribution in [0.1, 0.15) is 13.3 Å². The molecule has 0 spiro atoms. The van der Waals surface area contributed by atoms with Crippen molar-refractivity contribution in [1.82, 2.24) is 0 Å². The molecule has 0 aliphatic carbocycles. The SMILES string of the molecule is CCC(Cl)(Cl)C(Cl)(Cl)C(=O)O. The maximum Gasteiger partial charge on any atom is 0.343 e. The predicted molar refractivity (Wildman–Crippen MR) is 46.8 cm³/mol. The van der Waals surface area contributed by atoms with Crippen LogP contribution in [0.3, 0.4) is 0 Å². The highest BCUT2D eigenvalue weighted by Gasteiger charge is 2.52. The fraction of sp³-hybridized carbons (Fsp3) is 0.800. The number of rotatable bonds is 3. The van der Waals surface area contributed by atoms with Gasteiger partial charge in [-0.05, 0) is 6.42 Å². The first kappa shape index (κ1) is 11.6. The average molecular weight is 240 g/mol. The monoisotopic (exact) mass is 238 g/mol. The Bertz CT molecular complexity index is 166. The van der Waals surface area contributed by atoms with Gasteiger partial charge < -0.3 is 5.11 Å². The second kappa shape index (κ2) is 3.56. The summed E-state index contributed by atoms with van der Waals surface area (Å²) in [4.78, 5) is 10.4. The van der Waals surface area contributed by atoms with Crippen LogP contribution in [0.15, 0.2) is 0 Å². The first-order valence-corrected chi connectivity index (χ1v) is 4.26. The Hall–Kier alpha value is 0.630. The summed E-state index contributed by atoms with van der Waals surface area (Å²) in [7, 11) is 0. The summed E-state index contributed by atoms with van der Waals surface area (Å²) < 4.78 is -3.83. The average Bonchev–Trinajstić information content (AvgIpc) is 1.87. The molecular weight excluding hydrogens is 234 g/mol. The summed E-state index contributed by atoms with van der Waals surface area (Å²) in [5.41, 5.74) is 0. The van der Waals surface area contributed by atoms with Gasteiger partial charge in [0.2, 0.25) is 4.33 Å². The van der Waals surface area contributed by atoms with Crippen molar-refractivity contribution >= 4 is 52.4 Å². The number of alkyl halides is 4. The molecule has 0 aromatic heterocycles. The van der Waals surface area contributed by atoms with E-state index in [4.69, 9.17) is 51.5 Å². The molecule has 6 heteroatoms. The summed E-state index contributed by atoms with van der Waals surface area (Å²) in [5, 5.41) is 8.48. The summed E-state index contributed by atoms with van der Waals surface area (Å²) in [6.45, 7) is 1.59. The van der Waals surface area contributed by atoms with E-state index in [9.17, 15) is 4.79 Å². The van der Waals surface area contributed by atoms with Crippen LogP contribution in [0, 0.1) is 0 Å². The van der Waals surface area contributed by atoms with Gasteiger partial charge in [0, 0.05) is 0 Å². The van der Waals surface area contributed by atoms with Gasteiger partial charge in [-0.3, -0.25) is 0 Å². The number of halogens is 4. The molecule has 11 heavy (non-hydrogen) atoms. The van der Waals surface area contributed by atoms with Gasteiger partial charge in [-0.2, -0.15) is 0 Å². The standard InChI is InChI=1S/C5H6Cl4O2/c1-2-4(6,7)5(8,9)3(10)11/h2H2,1H3,(H,10,11). The molecule has 0 atom stereocenters. The minimum absolute atomic E-state index is 0.148. The Kier molecular flexibility index (Phi) is 3.77. The van der Waals surface area contributed by atoms with Gasteiger partial charge in [0.1, 0.15) is 0 Å². The molecular formula is C5H6Cl4O2. The van der Waals surface area contributed by atoms with Crippen molar-refractivity contribution in [3.8, 4) is 0 Å². The number of carbonyl (C=O) groups is 1. The van der Waals surface area contributed by atoms with Crippen LogP contribution in [0.2, 0.25) is 0 Å². The van der Waals surface area contributed by atoms with Crippen LogP contribution in [0.5, 0.6) is 0 Å². The van der Waals surface area contributed by atoms with Gasteiger partial charge in [-0.1, -0.05) is 53.3 Å². The van der Waals surface area contributed by atoms with E-state index < -0.39 is 14.6 Å². The predicted octanol–water partition coefficient (Wildman–Crippen LogP) is 2.83. The lowest BCUT2D eigenvalue weighted by molar-refractivity contribution is -0.138. The van der Waals surface area contributed by atoms with Gasteiger partial charge in [-0.15, -0.1) is 0 Å². The lowest BCUT2D eigenvalue weighted by Gasteiger charge is -2.27. The third-order valence-electron chi connectivity index (χ3n) is 1.17. The normalized spacial score (nSPS) is 13.2. The van der Waals surface area contributed by atoms with Crippen molar-refractivity contribution in [2.75, 3.05) is 0 Å². The zero-order chi connectivity index (χ0) is 9.28. The first-order chi connectivity index (χ1) is 4.75. The molecule has 0 rings (SSSR count). The smallest absolute Gasteiger partial charge is 0.343 e. The summed E-state index contributed by atoms with van der Waals surface area (Å²) in [6, 6.07) is 0. The Morgan fingerprint density at radius 3 is 1.82 bits per heavy atom. The van der Waals surface area contributed by atoms with Crippen LogP contribution in [0.25, 0.3) is 0 Å². The van der Waals surface area contributed by atoms with E-state index in [1.165, 1.54) is 0 Å². The summed E-state index contributed by atoms with van der Waals surface area (Å²) >= 11 is 21.8. The van der Waals surface area contributed by atoms with Crippen molar-refractivity contribution in [3.63, 3.8) is 0 Å². The second-order valence-corrected chi connectivity index (χ2v) is 4.75. The van der Waals surface area contributed by atoms with Crippen molar-refractivity contribution in [3.05, 3.63) is 0 Å². The van der Waals surface area contributed by atoms with Crippen LogP contribution in [-0.2, 0) is 4.79 Å². The molecule has 0 fully saturated rings. The van der Waals surface area contributed by atoms with Crippen molar-refractivity contribution < 1.29 is 9.90 Å². The molecule has 0 aliphatic heterocycles. The second-order valence-electron chi connectivity index (χ2n) is 1.94. The third-order valence-corrected chi connectivity index (χ3v) is 3.63. The van der Waals surface area contributed by atoms with Crippen LogP contribution in [0.4, 0.5) is 0 Å². The lowest BCUT2D eigenvalue weighted by Crippen LogP contribution is -2.42. The minimum atomic E-state index is -2.16. The number of carboxylic acid groups (broad SMARTS) is 1. The Morgan fingerprint density at radius 2 is 1.73 bits per heavy atom. The molecule has 0 aromatic rings. The van der Waals surface area contributed by atoms with Gasteiger partial charge >= 0.3 is 5.97 Å². The molecule has 0 heterocycles. The van der Waals surface area contributed by atoms with E-state index in [2.05, 4.69) is 0 Å². The molecule has 0 amide bonds. The molecule has 1 N–H and O–H groups in total. The van der Waals surface area contributed by atoms with Crippen molar-refractivity contribution in [2.24, 2.45) is 0 Å². The van der Waals surface area contributed by atoms with Gasteiger partial charge in [0.05, 0.1) is 0 Å². The van der Waals surface area contributed by atoms with Gasteiger partial charge in [0.15, 0.2) is 4.33 Å². The fourth-order valence-electron chi connectivity index (χ4n) is 0.378. The van der Waals surface area contributed by atoms with Crippen LogP contribution >= 0.6 is 46.4 Å². The molecule has 0 saturated heterocycles. The van der Waals surface area contributed by atoms with Crippen LogP contribution in [-0.4, -0.2) is 19.7 Å². The lowest BCUT2D eigenvalue weighted by atomic mass is 10.2. The van der Waals surface area contributed by atoms with E-state index in [0.29, 0.717) is 0 Å². The summed E-state index contributed by atoms with van der Waals surface area (Å²) in [6.07, 6.45) is 0.148. The Labute approximate surface area is 84.4 Å². The zero-order valence-corrected chi connectivity index (χ0v) is 8.60. The fourth-order valence-corrected chi connectivity index (χ4v) is 0.807.